The highest BCUT2D eigenvalue weighted by molar-refractivity contribution is 5.99. The molecule has 1 fully saturated rings. The number of carbonyl (C=O) groups excluding carboxylic acids is 2. The van der Waals surface area contributed by atoms with Gasteiger partial charge in [-0.3, -0.25) is 9.59 Å². The Labute approximate surface area is 181 Å². The lowest BCUT2D eigenvalue weighted by Gasteiger charge is -2.19. The first-order valence-electron chi connectivity index (χ1n) is 11.2. The van der Waals surface area contributed by atoms with Gasteiger partial charge in [-0.2, -0.15) is 0 Å². The SMILES string of the molecule is O=C(c1ccc(-c2ccc(F)c3c2O[C@@H](CNC(=O)[C@H]2CC=CCC2)C3)cc1)C1CC1. The van der Waals surface area contributed by atoms with Gasteiger partial charge in [0.1, 0.15) is 17.7 Å². The molecule has 0 unspecified atom stereocenters. The molecule has 5 heteroatoms. The smallest absolute Gasteiger partial charge is 0.223 e. The van der Waals surface area contributed by atoms with Gasteiger partial charge in [0.25, 0.3) is 0 Å². The van der Waals surface area contributed by atoms with Gasteiger partial charge in [-0.1, -0.05) is 36.4 Å². The van der Waals surface area contributed by atoms with Crippen molar-refractivity contribution in [1.82, 2.24) is 5.32 Å². The molecule has 0 bridgehead atoms. The molecule has 160 valence electrons. The summed E-state index contributed by atoms with van der Waals surface area (Å²) in [5.41, 5.74) is 2.98. The number of Topliss-reactive ketones (excluding diaryl/α,β-unsaturated/α-hetero) is 1. The normalized spacial score (nSPS) is 22.0. The molecule has 1 amide bonds. The number of halogens is 1. The lowest BCUT2D eigenvalue weighted by molar-refractivity contribution is -0.125. The number of hydrogen-bond acceptors (Lipinski definition) is 3. The van der Waals surface area contributed by atoms with Crippen LogP contribution in [0.15, 0.2) is 48.6 Å². The molecule has 2 aliphatic carbocycles. The van der Waals surface area contributed by atoms with Gasteiger partial charge in [-0.25, -0.2) is 4.39 Å². The van der Waals surface area contributed by atoms with Gasteiger partial charge >= 0.3 is 0 Å². The lowest BCUT2D eigenvalue weighted by atomic mass is 9.93. The first-order chi connectivity index (χ1) is 15.1. The van der Waals surface area contributed by atoms with E-state index in [1.807, 2.05) is 24.3 Å². The van der Waals surface area contributed by atoms with Crippen molar-refractivity contribution in [2.75, 3.05) is 6.54 Å². The molecule has 3 aliphatic rings. The van der Waals surface area contributed by atoms with E-state index in [9.17, 15) is 14.0 Å². The van der Waals surface area contributed by atoms with Crippen LogP contribution in [-0.4, -0.2) is 24.3 Å². The molecule has 2 atom stereocenters. The van der Waals surface area contributed by atoms with Crippen molar-refractivity contribution in [3.05, 3.63) is 65.5 Å². The molecule has 31 heavy (non-hydrogen) atoms. The van der Waals surface area contributed by atoms with Gasteiger partial charge in [0.2, 0.25) is 5.91 Å². The second-order valence-electron chi connectivity index (χ2n) is 8.79. The van der Waals surface area contributed by atoms with E-state index in [1.165, 1.54) is 6.07 Å². The maximum atomic E-state index is 14.5. The summed E-state index contributed by atoms with van der Waals surface area (Å²) in [6.45, 7) is 0.363. The average Bonchev–Trinajstić information content (AvgIpc) is 3.57. The van der Waals surface area contributed by atoms with Crippen LogP contribution in [0, 0.1) is 17.7 Å². The van der Waals surface area contributed by atoms with E-state index in [-0.39, 0.29) is 35.4 Å². The van der Waals surface area contributed by atoms with Crippen LogP contribution in [0.2, 0.25) is 0 Å². The minimum absolute atomic E-state index is 0.0120. The number of nitrogens with one attached hydrogen (secondary N) is 1. The molecule has 4 nitrogen and oxygen atoms in total. The van der Waals surface area contributed by atoms with Gasteiger partial charge in [0, 0.05) is 34.9 Å². The van der Waals surface area contributed by atoms with Crippen molar-refractivity contribution in [3.8, 4) is 16.9 Å². The monoisotopic (exact) mass is 419 g/mol. The minimum atomic E-state index is -0.288. The first kappa shape index (κ1) is 20.0. The van der Waals surface area contributed by atoms with Crippen molar-refractivity contribution in [1.29, 1.82) is 0 Å². The number of fused-ring (bicyclic) bond motifs is 1. The van der Waals surface area contributed by atoms with E-state index in [1.54, 1.807) is 6.07 Å². The van der Waals surface area contributed by atoms with Gasteiger partial charge in [-0.05, 0) is 49.8 Å². The van der Waals surface area contributed by atoms with Crippen LogP contribution in [0.5, 0.6) is 5.75 Å². The summed E-state index contributed by atoms with van der Waals surface area (Å²) in [7, 11) is 0. The Morgan fingerprint density at radius 3 is 2.52 bits per heavy atom. The molecule has 5 rings (SSSR count). The Hall–Kier alpha value is -2.95. The molecule has 0 radical (unpaired) electrons. The molecular formula is C26H26FNO3. The summed E-state index contributed by atoms with van der Waals surface area (Å²) < 4.78 is 20.6. The van der Waals surface area contributed by atoms with E-state index in [4.69, 9.17) is 4.74 Å². The highest BCUT2D eigenvalue weighted by Crippen LogP contribution is 2.40. The van der Waals surface area contributed by atoms with Crippen LogP contribution in [0.4, 0.5) is 4.39 Å². The van der Waals surface area contributed by atoms with E-state index >= 15 is 0 Å². The second-order valence-corrected chi connectivity index (χ2v) is 8.79. The number of benzene rings is 2. The van der Waals surface area contributed by atoms with Gasteiger partial charge in [0.05, 0.1) is 6.54 Å². The summed E-state index contributed by atoms with van der Waals surface area (Å²) in [4.78, 5) is 24.7. The van der Waals surface area contributed by atoms with Crippen LogP contribution in [0.25, 0.3) is 11.1 Å². The maximum absolute atomic E-state index is 14.5. The van der Waals surface area contributed by atoms with E-state index in [2.05, 4.69) is 17.5 Å². The maximum Gasteiger partial charge on any atom is 0.223 e. The molecule has 0 saturated heterocycles. The van der Waals surface area contributed by atoms with Crippen molar-refractivity contribution in [3.63, 3.8) is 0 Å². The zero-order valence-electron chi connectivity index (χ0n) is 17.4. The number of carbonyl (C=O) groups is 2. The Balaban J connectivity index is 1.29. The van der Waals surface area contributed by atoms with Gasteiger partial charge in [0.15, 0.2) is 5.78 Å². The number of rotatable bonds is 6. The summed E-state index contributed by atoms with van der Waals surface area (Å²) in [5, 5.41) is 2.99. The lowest BCUT2D eigenvalue weighted by Crippen LogP contribution is -2.38. The highest BCUT2D eigenvalue weighted by Gasteiger charge is 2.31. The first-order valence-corrected chi connectivity index (χ1v) is 11.2. The molecular weight excluding hydrogens is 393 g/mol. The summed E-state index contributed by atoms with van der Waals surface area (Å²) in [5.74, 6) is 0.700. The number of ether oxygens (including phenoxy) is 1. The fraction of sp³-hybridized carbons (Fsp3) is 0.385. The molecule has 1 aliphatic heterocycles. The van der Waals surface area contributed by atoms with Crippen molar-refractivity contribution >= 4 is 11.7 Å². The van der Waals surface area contributed by atoms with Crippen LogP contribution in [0.3, 0.4) is 0 Å². The second kappa shape index (κ2) is 8.29. The van der Waals surface area contributed by atoms with Gasteiger partial charge < -0.3 is 10.1 Å². The quantitative estimate of drug-likeness (QED) is 0.537. The summed E-state index contributed by atoms with van der Waals surface area (Å²) in [6, 6.07) is 10.7. The van der Waals surface area contributed by atoms with Crippen LogP contribution >= 0.6 is 0 Å². The van der Waals surface area contributed by atoms with Crippen LogP contribution < -0.4 is 10.1 Å². The molecule has 2 aromatic rings. The standard InChI is InChI=1S/C26H26FNO3/c27-23-13-12-21(16-6-8-17(9-7-16)24(29)18-10-11-18)25-22(23)14-20(31-25)15-28-26(30)19-4-2-1-3-5-19/h1-2,6-9,12-13,18-20H,3-5,10-11,14-15H2,(H,28,30)/t19-,20+/m0/s1. The summed E-state index contributed by atoms with van der Waals surface area (Å²) in [6.07, 6.45) is 8.84. The number of hydrogen-bond donors (Lipinski definition) is 1. The fourth-order valence-electron chi connectivity index (χ4n) is 4.49. The Kier molecular flexibility index (Phi) is 5.34. The topological polar surface area (TPSA) is 55.4 Å². The number of allylic oxidation sites excluding steroid dienone is 2. The van der Waals surface area contributed by atoms with Crippen molar-refractivity contribution in [2.24, 2.45) is 11.8 Å². The molecule has 2 aromatic carbocycles. The van der Waals surface area contributed by atoms with Crippen molar-refractivity contribution < 1.29 is 18.7 Å². The Morgan fingerprint density at radius 1 is 1.00 bits per heavy atom. The predicted octanol–water partition coefficient (Wildman–Crippen LogP) is 4.86. The summed E-state index contributed by atoms with van der Waals surface area (Å²) >= 11 is 0. The molecule has 1 heterocycles. The van der Waals surface area contributed by atoms with Crippen LogP contribution in [0.1, 0.15) is 48.0 Å². The highest BCUT2D eigenvalue weighted by atomic mass is 19.1. The minimum Gasteiger partial charge on any atom is -0.487 e. The van der Waals surface area contributed by atoms with Crippen LogP contribution in [-0.2, 0) is 11.2 Å². The largest absolute Gasteiger partial charge is 0.487 e. The Morgan fingerprint density at radius 2 is 1.81 bits per heavy atom. The number of amides is 1. The predicted molar refractivity (Wildman–Crippen MR) is 117 cm³/mol. The molecule has 0 aromatic heterocycles. The van der Waals surface area contributed by atoms with Crippen molar-refractivity contribution in [2.45, 2.75) is 44.6 Å². The molecule has 1 saturated carbocycles. The van der Waals surface area contributed by atoms with E-state index < -0.39 is 0 Å². The van der Waals surface area contributed by atoms with E-state index in [0.717, 1.165) is 48.8 Å². The average molecular weight is 419 g/mol. The third-order valence-corrected chi connectivity index (χ3v) is 6.49. The fourth-order valence-corrected chi connectivity index (χ4v) is 4.49. The zero-order valence-corrected chi connectivity index (χ0v) is 17.4. The third-order valence-electron chi connectivity index (χ3n) is 6.49. The Bertz CT molecular complexity index is 1040. The van der Waals surface area contributed by atoms with Gasteiger partial charge in [-0.15, -0.1) is 0 Å². The number of ketones is 1. The molecule has 0 spiro atoms. The molecule has 1 N–H and O–H groups in total. The zero-order chi connectivity index (χ0) is 21.4. The third kappa shape index (κ3) is 4.14. The van der Waals surface area contributed by atoms with E-state index in [0.29, 0.717) is 24.3 Å².